The van der Waals surface area contributed by atoms with Crippen molar-refractivity contribution in [3.8, 4) is 0 Å². The van der Waals surface area contributed by atoms with Crippen LogP contribution in [0.2, 0.25) is 0 Å². The molecule has 6 amide bonds. The molecule has 6 atom stereocenters. The van der Waals surface area contributed by atoms with Crippen LogP contribution >= 0.6 is 0 Å². The molecule has 0 aromatic heterocycles. The number of hydrogen-bond acceptors (Lipinski definition) is 8. The van der Waals surface area contributed by atoms with Crippen LogP contribution in [0.3, 0.4) is 0 Å². The summed E-state index contributed by atoms with van der Waals surface area (Å²) in [6.07, 6.45) is -1.01. The number of nitrogens with two attached hydrogens (primary N) is 1. The van der Waals surface area contributed by atoms with Gasteiger partial charge in [-0.1, -0.05) is 34.1 Å². The molecular formula is C24H40N6O9. The normalized spacial score (nSPS) is 26.2. The van der Waals surface area contributed by atoms with Crippen molar-refractivity contribution in [1.82, 2.24) is 26.6 Å². The third-order valence-electron chi connectivity index (χ3n) is 6.45. The Hall–Kier alpha value is -3.75. The van der Waals surface area contributed by atoms with Crippen LogP contribution in [-0.2, 0) is 33.6 Å². The average molecular weight is 557 g/mol. The number of aliphatic hydroxyl groups is 1. The molecule has 0 saturated carbocycles. The third kappa shape index (κ3) is 10.5. The molecule has 1 aliphatic rings. The molecule has 1 fully saturated rings. The van der Waals surface area contributed by atoms with Gasteiger partial charge < -0.3 is 42.5 Å². The van der Waals surface area contributed by atoms with E-state index in [1.54, 1.807) is 27.7 Å². The van der Waals surface area contributed by atoms with Crippen LogP contribution in [-0.4, -0.2) is 88.4 Å². The molecule has 1 heterocycles. The quantitative estimate of drug-likeness (QED) is 0.139. The van der Waals surface area contributed by atoms with E-state index in [0.717, 1.165) is 0 Å². The Bertz CT molecular complexity index is 941. The van der Waals surface area contributed by atoms with Crippen molar-refractivity contribution in [3.63, 3.8) is 0 Å². The second kappa shape index (κ2) is 15.6. The van der Waals surface area contributed by atoms with Gasteiger partial charge in [-0.15, -0.1) is 0 Å². The number of carbonyl (C=O) groups excluding carboxylic acids is 6. The number of hydrogen-bond donors (Lipinski definition) is 8. The van der Waals surface area contributed by atoms with Gasteiger partial charge in [0.1, 0.15) is 30.2 Å². The van der Waals surface area contributed by atoms with Crippen molar-refractivity contribution in [2.75, 3.05) is 6.61 Å². The number of rotatable bonds is 10. The first-order chi connectivity index (χ1) is 18.2. The van der Waals surface area contributed by atoms with E-state index in [-0.39, 0.29) is 19.3 Å². The number of aliphatic hydroxyl groups excluding tert-OH is 1. The fraction of sp³-hybridized carbons (Fsp3) is 0.708. The molecule has 0 aliphatic carbocycles. The van der Waals surface area contributed by atoms with Gasteiger partial charge in [0.25, 0.3) is 0 Å². The molecule has 220 valence electrons. The van der Waals surface area contributed by atoms with E-state index in [0.29, 0.717) is 6.42 Å². The topological polar surface area (TPSA) is 246 Å². The van der Waals surface area contributed by atoms with Crippen LogP contribution in [0, 0.1) is 11.8 Å². The summed E-state index contributed by atoms with van der Waals surface area (Å²) in [5.41, 5.74) is 5.18. The van der Waals surface area contributed by atoms with Crippen molar-refractivity contribution in [2.45, 2.75) is 90.0 Å². The number of primary amides is 1. The smallest absolute Gasteiger partial charge is 0.303 e. The molecule has 15 nitrogen and oxygen atoms in total. The number of carboxylic acids is 1. The number of carboxylic acid groups (broad SMARTS) is 1. The van der Waals surface area contributed by atoms with Crippen LogP contribution in [0.4, 0.5) is 0 Å². The molecule has 0 spiro atoms. The van der Waals surface area contributed by atoms with Gasteiger partial charge in [-0.05, 0) is 24.7 Å². The zero-order chi connectivity index (χ0) is 29.9. The van der Waals surface area contributed by atoms with Gasteiger partial charge in [-0.2, -0.15) is 0 Å². The van der Waals surface area contributed by atoms with E-state index in [4.69, 9.17) is 10.8 Å². The number of amides is 6. The van der Waals surface area contributed by atoms with E-state index in [2.05, 4.69) is 26.6 Å². The molecule has 9 N–H and O–H groups in total. The summed E-state index contributed by atoms with van der Waals surface area (Å²) in [4.78, 5) is 88.1. The van der Waals surface area contributed by atoms with Crippen LogP contribution in [0.5, 0.6) is 0 Å². The maximum Gasteiger partial charge on any atom is 0.303 e. The predicted octanol–water partition coefficient (Wildman–Crippen LogP) is -2.75. The standard InChI is InChI=1S/C24H40N6O9/c1-5-12(4)19-24(39)27-14(7-9-17(33)34)20(35)26-13(6-8-16(25)32)21(36)28-15(10-31)22(37)29-18(11(2)3)23(38)30-19/h11-15,18-19,31H,5-10H2,1-4H3,(H2,25,32)(H,26,35)(H,27,39)(H,28,36)(H,29,37)(H,30,38)(H,33,34)/t12-,13-,14-,15-,18-,19-/m0/s1. The fourth-order valence-corrected chi connectivity index (χ4v) is 3.83. The Kier molecular flexibility index (Phi) is 13.3. The summed E-state index contributed by atoms with van der Waals surface area (Å²) in [5, 5.41) is 31.1. The highest BCUT2D eigenvalue weighted by Gasteiger charge is 2.36. The molecule has 1 saturated heterocycles. The maximum absolute atomic E-state index is 13.3. The summed E-state index contributed by atoms with van der Waals surface area (Å²) in [7, 11) is 0. The minimum Gasteiger partial charge on any atom is -0.481 e. The van der Waals surface area contributed by atoms with Crippen molar-refractivity contribution < 1.29 is 43.8 Å². The van der Waals surface area contributed by atoms with Gasteiger partial charge in [0, 0.05) is 12.8 Å². The second-order valence-corrected chi connectivity index (χ2v) is 9.91. The lowest BCUT2D eigenvalue weighted by Gasteiger charge is -2.29. The number of nitrogens with one attached hydrogen (secondary N) is 5. The largest absolute Gasteiger partial charge is 0.481 e. The molecule has 0 radical (unpaired) electrons. The molecule has 15 heteroatoms. The van der Waals surface area contributed by atoms with E-state index in [9.17, 15) is 38.7 Å². The highest BCUT2D eigenvalue weighted by Crippen LogP contribution is 2.12. The zero-order valence-corrected chi connectivity index (χ0v) is 22.6. The number of carbonyl (C=O) groups is 7. The van der Waals surface area contributed by atoms with Gasteiger partial charge >= 0.3 is 5.97 Å². The van der Waals surface area contributed by atoms with E-state index in [1.807, 2.05) is 0 Å². The second-order valence-electron chi connectivity index (χ2n) is 9.91. The minimum absolute atomic E-state index is 0.281. The molecule has 0 unspecified atom stereocenters. The molecule has 0 bridgehead atoms. The first-order valence-electron chi connectivity index (χ1n) is 12.8. The summed E-state index contributed by atoms with van der Waals surface area (Å²) >= 11 is 0. The SMILES string of the molecule is CC[C@H](C)[C@@H]1NC(=O)[C@H](C(C)C)NC(=O)[C@H](CO)NC(=O)[C@H](CCC(N)=O)NC(=O)[C@H](CCC(=O)O)NC1=O. The Morgan fingerprint density at radius 1 is 0.744 bits per heavy atom. The maximum atomic E-state index is 13.3. The number of aliphatic carboxylic acids is 1. The Labute approximate surface area is 226 Å². The monoisotopic (exact) mass is 556 g/mol. The Morgan fingerprint density at radius 3 is 1.64 bits per heavy atom. The van der Waals surface area contributed by atoms with Crippen molar-refractivity contribution in [1.29, 1.82) is 0 Å². The van der Waals surface area contributed by atoms with Crippen LogP contribution in [0.1, 0.15) is 59.8 Å². The van der Waals surface area contributed by atoms with Crippen molar-refractivity contribution in [3.05, 3.63) is 0 Å². The average Bonchev–Trinajstić information content (AvgIpc) is 2.86. The highest BCUT2D eigenvalue weighted by atomic mass is 16.4. The molecule has 1 rings (SSSR count). The van der Waals surface area contributed by atoms with Crippen molar-refractivity contribution >= 4 is 41.4 Å². The van der Waals surface area contributed by atoms with Gasteiger partial charge in [-0.25, -0.2) is 0 Å². The van der Waals surface area contributed by atoms with Crippen LogP contribution < -0.4 is 32.3 Å². The lowest BCUT2D eigenvalue weighted by molar-refractivity contribution is -0.138. The summed E-state index contributed by atoms with van der Waals surface area (Å²) < 4.78 is 0. The third-order valence-corrected chi connectivity index (χ3v) is 6.45. The van der Waals surface area contributed by atoms with E-state index < -0.39 is 96.5 Å². The van der Waals surface area contributed by atoms with Gasteiger partial charge in [0.2, 0.25) is 35.4 Å². The first-order valence-corrected chi connectivity index (χ1v) is 12.8. The lowest BCUT2D eigenvalue weighted by Crippen LogP contribution is -2.60. The lowest BCUT2D eigenvalue weighted by atomic mass is 9.95. The Balaban J connectivity index is 3.57. The molecular weight excluding hydrogens is 516 g/mol. The van der Waals surface area contributed by atoms with E-state index >= 15 is 0 Å². The predicted molar refractivity (Wildman–Crippen MR) is 136 cm³/mol. The van der Waals surface area contributed by atoms with E-state index in [1.165, 1.54) is 0 Å². The minimum atomic E-state index is -1.52. The van der Waals surface area contributed by atoms with Gasteiger partial charge in [0.15, 0.2) is 0 Å². The summed E-state index contributed by atoms with van der Waals surface area (Å²) in [5.74, 6) is -7.13. The van der Waals surface area contributed by atoms with Crippen LogP contribution in [0.15, 0.2) is 0 Å². The van der Waals surface area contributed by atoms with Gasteiger partial charge in [0.05, 0.1) is 6.61 Å². The summed E-state index contributed by atoms with van der Waals surface area (Å²) in [6.45, 7) is 5.92. The highest BCUT2D eigenvalue weighted by molar-refractivity contribution is 5.98. The van der Waals surface area contributed by atoms with Gasteiger partial charge in [-0.3, -0.25) is 33.6 Å². The molecule has 1 aliphatic heterocycles. The molecule has 39 heavy (non-hydrogen) atoms. The fourth-order valence-electron chi connectivity index (χ4n) is 3.83. The van der Waals surface area contributed by atoms with Crippen LogP contribution in [0.25, 0.3) is 0 Å². The first kappa shape index (κ1) is 33.3. The zero-order valence-electron chi connectivity index (χ0n) is 22.6. The summed E-state index contributed by atoms with van der Waals surface area (Å²) in [6, 6.07) is -6.66. The molecule has 0 aromatic carbocycles. The molecule has 0 aromatic rings. The van der Waals surface area contributed by atoms with Crippen molar-refractivity contribution in [2.24, 2.45) is 17.6 Å². The Morgan fingerprint density at radius 2 is 1.18 bits per heavy atom.